The number of benzene rings is 2. The van der Waals surface area contributed by atoms with Gasteiger partial charge in [0.05, 0.1) is 11.5 Å². The van der Waals surface area contributed by atoms with E-state index in [1.165, 1.54) is 47.6 Å². The van der Waals surface area contributed by atoms with Crippen molar-refractivity contribution < 1.29 is 26.7 Å². The fourth-order valence-corrected chi connectivity index (χ4v) is 5.87. The number of carbonyl (C=O) groups excluding carboxylic acids is 1. The average Bonchev–Trinajstić information content (AvgIpc) is 3.14. The first-order chi connectivity index (χ1) is 14.2. The lowest BCUT2D eigenvalue weighted by atomic mass is 10.00. The molecule has 9 heteroatoms. The van der Waals surface area contributed by atoms with Gasteiger partial charge in [0.1, 0.15) is 17.4 Å². The van der Waals surface area contributed by atoms with Crippen LogP contribution in [0.3, 0.4) is 0 Å². The monoisotopic (exact) mass is 436 g/mol. The molecular weight excluding hydrogens is 414 g/mol. The number of carbonyl (C=O) groups is 1. The van der Waals surface area contributed by atoms with E-state index in [-0.39, 0.29) is 29.5 Å². The van der Waals surface area contributed by atoms with Crippen molar-refractivity contribution in [2.75, 3.05) is 26.2 Å². The fourth-order valence-electron chi connectivity index (χ4n) is 4.07. The van der Waals surface area contributed by atoms with Crippen molar-refractivity contribution in [3.8, 4) is 0 Å². The molecule has 0 atom stereocenters. The Morgan fingerprint density at radius 2 is 1.70 bits per heavy atom. The van der Waals surface area contributed by atoms with E-state index in [4.69, 9.17) is 4.74 Å². The zero-order chi connectivity index (χ0) is 21.5. The smallest absolute Gasteiger partial charge is 0.253 e. The summed E-state index contributed by atoms with van der Waals surface area (Å²) in [7, 11) is -3.88. The second-order valence-electron chi connectivity index (χ2n) is 7.58. The standard InChI is InChI=1S/C21H22F2N2O4S/c1-15-14-18(6-7-19(15)23)30(27,28)25-12-13-29-21(25)8-10-24(11-9-21)20(26)16-2-4-17(22)5-3-16/h2-7,14H,8-13H2,1H3. The quantitative estimate of drug-likeness (QED) is 0.742. The van der Waals surface area contributed by atoms with E-state index in [0.717, 1.165) is 6.07 Å². The summed E-state index contributed by atoms with van der Waals surface area (Å²) in [6, 6.07) is 9.06. The van der Waals surface area contributed by atoms with Gasteiger partial charge in [0.25, 0.3) is 5.91 Å². The van der Waals surface area contributed by atoms with Gasteiger partial charge in [-0.2, -0.15) is 4.31 Å². The molecule has 0 unspecified atom stereocenters. The van der Waals surface area contributed by atoms with E-state index in [1.807, 2.05) is 0 Å². The molecule has 0 aromatic heterocycles. The van der Waals surface area contributed by atoms with Gasteiger partial charge in [-0.15, -0.1) is 0 Å². The number of halogens is 2. The third kappa shape index (κ3) is 3.61. The molecule has 2 fully saturated rings. The number of rotatable bonds is 3. The maximum atomic E-state index is 13.6. The highest BCUT2D eigenvalue weighted by Gasteiger charge is 2.51. The van der Waals surface area contributed by atoms with Gasteiger partial charge in [0, 0.05) is 38.0 Å². The molecule has 0 bridgehead atoms. The van der Waals surface area contributed by atoms with Crippen LogP contribution in [0.15, 0.2) is 47.4 Å². The van der Waals surface area contributed by atoms with E-state index in [1.54, 1.807) is 4.90 Å². The molecule has 1 amide bonds. The Bertz CT molecular complexity index is 1060. The SMILES string of the molecule is Cc1cc(S(=O)(=O)N2CCOC23CCN(C(=O)c2ccc(F)cc2)CC3)ccc1F. The summed E-state index contributed by atoms with van der Waals surface area (Å²) in [5, 5.41) is 0. The molecule has 0 radical (unpaired) electrons. The van der Waals surface area contributed by atoms with Crippen LogP contribution in [-0.4, -0.2) is 55.5 Å². The van der Waals surface area contributed by atoms with E-state index < -0.39 is 27.4 Å². The third-order valence-electron chi connectivity index (χ3n) is 5.76. The predicted molar refractivity (Wildman–Crippen MR) is 105 cm³/mol. The summed E-state index contributed by atoms with van der Waals surface area (Å²) in [6.45, 7) is 2.59. The summed E-state index contributed by atoms with van der Waals surface area (Å²) in [5.74, 6) is -1.11. The first-order valence-electron chi connectivity index (χ1n) is 9.71. The maximum absolute atomic E-state index is 13.6. The Hall–Kier alpha value is -2.36. The van der Waals surface area contributed by atoms with Crippen molar-refractivity contribution in [3.05, 3.63) is 65.2 Å². The van der Waals surface area contributed by atoms with Crippen molar-refractivity contribution in [1.29, 1.82) is 0 Å². The minimum absolute atomic E-state index is 0.0242. The maximum Gasteiger partial charge on any atom is 0.253 e. The van der Waals surface area contributed by atoms with Crippen LogP contribution in [0.5, 0.6) is 0 Å². The number of aryl methyl sites for hydroxylation is 1. The van der Waals surface area contributed by atoms with Gasteiger partial charge in [-0.05, 0) is 55.0 Å². The Morgan fingerprint density at radius 3 is 2.33 bits per heavy atom. The number of amides is 1. The lowest BCUT2D eigenvalue weighted by molar-refractivity contribution is -0.0857. The normalized spacial score (nSPS) is 19.4. The van der Waals surface area contributed by atoms with Crippen molar-refractivity contribution in [2.45, 2.75) is 30.4 Å². The summed E-state index contributed by atoms with van der Waals surface area (Å²) in [4.78, 5) is 14.3. The number of nitrogens with zero attached hydrogens (tertiary/aromatic N) is 2. The van der Waals surface area contributed by atoms with Crippen LogP contribution < -0.4 is 0 Å². The highest BCUT2D eigenvalue weighted by molar-refractivity contribution is 7.89. The molecule has 160 valence electrons. The Kier molecular flexibility index (Phi) is 5.37. The number of likely N-dealkylation sites (tertiary alicyclic amines) is 1. The topological polar surface area (TPSA) is 66.9 Å². The lowest BCUT2D eigenvalue weighted by Gasteiger charge is -2.42. The summed E-state index contributed by atoms with van der Waals surface area (Å²) in [6.07, 6.45) is 0.638. The van der Waals surface area contributed by atoms with Gasteiger partial charge in [0.2, 0.25) is 10.0 Å². The van der Waals surface area contributed by atoms with E-state index >= 15 is 0 Å². The number of sulfonamides is 1. The molecule has 6 nitrogen and oxygen atoms in total. The Morgan fingerprint density at radius 1 is 1.03 bits per heavy atom. The van der Waals surface area contributed by atoms with Crippen molar-refractivity contribution >= 4 is 15.9 Å². The highest BCUT2D eigenvalue weighted by Crippen LogP contribution is 2.38. The number of hydrogen-bond acceptors (Lipinski definition) is 4. The predicted octanol–water partition coefficient (Wildman–Crippen LogP) is 2.93. The van der Waals surface area contributed by atoms with Crippen LogP contribution in [0.4, 0.5) is 8.78 Å². The fraction of sp³-hybridized carbons (Fsp3) is 0.381. The first kappa shape index (κ1) is 20.9. The van der Waals surface area contributed by atoms with Gasteiger partial charge in [-0.25, -0.2) is 17.2 Å². The zero-order valence-corrected chi connectivity index (χ0v) is 17.3. The first-order valence-corrected chi connectivity index (χ1v) is 11.1. The van der Waals surface area contributed by atoms with Crippen LogP contribution >= 0.6 is 0 Å². The molecule has 0 N–H and O–H groups in total. The highest BCUT2D eigenvalue weighted by atomic mass is 32.2. The molecule has 0 saturated carbocycles. The van der Waals surface area contributed by atoms with E-state index in [2.05, 4.69) is 0 Å². The van der Waals surface area contributed by atoms with E-state index in [0.29, 0.717) is 31.5 Å². The van der Waals surface area contributed by atoms with Crippen molar-refractivity contribution in [2.24, 2.45) is 0 Å². The lowest BCUT2D eigenvalue weighted by Crippen LogP contribution is -2.55. The number of hydrogen-bond donors (Lipinski definition) is 0. The van der Waals surface area contributed by atoms with Gasteiger partial charge in [-0.1, -0.05) is 0 Å². The average molecular weight is 436 g/mol. The molecule has 2 aliphatic heterocycles. The van der Waals surface area contributed by atoms with Crippen LogP contribution in [0.2, 0.25) is 0 Å². The number of piperidine rings is 1. The minimum Gasteiger partial charge on any atom is -0.358 e. The zero-order valence-electron chi connectivity index (χ0n) is 16.5. The molecular formula is C21H22F2N2O4S. The summed E-state index contributed by atoms with van der Waals surface area (Å²) in [5.41, 5.74) is -0.392. The molecule has 2 aromatic rings. The largest absolute Gasteiger partial charge is 0.358 e. The molecule has 30 heavy (non-hydrogen) atoms. The molecule has 2 aliphatic rings. The van der Waals surface area contributed by atoms with Crippen molar-refractivity contribution in [1.82, 2.24) is 9.21 Å². The molecule has 4 rings (SSSR count). The van der Waals surface area contributed by atoms with Gasteiger partial charge in [0.15, 0.2) is 0 Å². The molecule has 2 saturated heterocycles. The molecule has 0 aliphatic carbocycles. The van der Waals surface area contributed by atoms with Crippen molar-refractivity contribution in [3.63, 3.8) is 0 Å². The molecule has 2 heterocycles. The second kappa shape index (κ2) is 7.72. The van der Waals surface area contributed by atoms with Gasteiger partial charge < -0.3 is 9.64 Å². The van der Waals surface area contributed by atoms with Gasteiger partial charge in [-0.3, -0.25) is 4.79 Å². The van der Waals surface area contributed by atoms with Crippen LogP contribution in [0, 0.1) is 18.6 Å². The second-order valence-corrected chi connectivity index (χ2v) is 9.44. The van der Waals surface area contributed by atoms with Crippen LogP contribution in [0.25, 0.3) is 0 Å². The van der Waals surface area contributed by atoms with Crippen LogP contribution in [-0.2, 0) is 14.8 Å². The number of ether oxygens (including phenoxy) is 1. The third-order valence-corrected chi connectivity index (χ3v) is 7.71. The molecule has 2 aromatic carbocycles. The minimum atomic E-state index is -3.88. The van der Waals surface area contributed by atoms with E-state index in [9.17, 15) is 22.0 Å². The molecule has 1 spiro atoms. The van der Waals surface area contributed by atoms with Crippen LogP contribution in [0.1, 0.15) is 28.8 Å². The Labute approximate surface area is 174 Å². The Balaban J connectivity index is 1.53. The van der Waals surface area contributed by atoms with Gasteiger partial charge >= 0.3 is 0 Å². The summed E-state index contributed by atoms with van der Waals surface area (Å²) >= 11 is 0. The summed E-state index contributed by atoms with van der Waals surface area (Å²) < 4.78 is 60.4.